The van der Waals surface area contributed by atoms with Gasteiger partial charge in [0, 0.05) is 23.7 Å². The number of rotatable bonds is 3. The molecule has 0 bridgehead atoms. The van der Waals surface area contributed by atoms with Crippen molar-refractivity contribution in [1.29, 1.82) is 0 Å². The van der Waals surface area contributed by atoms with Gasteiger partial charge >= 0.3 is 0 Å². The molecule has 0 spiro atoms. The maximum atomic E-state index is 11.7. The third-order valence-electron chi connectivity index (χ3n) is 2.41. The van der Waals surface area contributed by atoms with E-state index < -0.39 is 0 Å². The Balaban J connectivity index is 2.19. The Hall–Kier alpha value is -1.52. The zero-order chi connectivity index (χ0) is 12.3. The minimum atomic E-state index is -0.152. The summed E-state index contributed by atoms with van der Waals surface area (Å²) in [5.74, 6) is 0.589. The molecule has 17 heavy (non-hydrogen) atoms. The summed E-state index contributed by atoms with van der Waals surface area (Å²) < 4.78 is 5.47. The number of benzene rings is 1. The van der Waals surface area contributed by atoms with Crippen molar-refractivity contribution in [2.75, 3.05) is 19.7 Å². The number of carbonyl (C=O) groups is 1. The number of halogens is 1. The number of hydrogen-bond acceptors (Lipinski definition) is 3. The van der Waals surface area contributed by atoms with E-state index in [-0.39, 0.29) is 12.5 Å². The van der Waals surface area contributed by atoms with Crippen molar-refractivity contribution >= 4 is 23.6 Å². The number of nitrogens with one attached hydrogen (secondary N) is 1. The molecular formula is C12H13ClN2O2. The molecule has 0 radical (unpaired) electrons. The molecule has 5 heteroatoms. The highest BCUT2D eigenvalue weighted by molar-refractivity contribution is 6.30. The summed E-state index contributed by atoms with van der Waals surface area (Å²) in [5.41, 5.74) is 6.72. The lowest BCUT2D eigenvalue weighted by atomic mass is 10.1. The summed E-state index contributed by atoms with van der Waals surface area (Å²) in [7, 11) is 0. The van der Waals surface area contributed by atoms with Gasteiger partial charge in [0.1, 0.15) is 12.4 Å². The van der Waals surface area contributed by atoms with Crippen LogP contribution >= 0.6 is 11.6 Å². The lowest BCUT2D eigenvalue weighted by Gasteiger charge is -2.17. The Morgan fingerprint density at radius 3 is 3.12 bits per heavy atom. The van der Waals surface area contributed by atoms with Gasteiger partial charge in [-0.05, 0) is 24.3 Å². The molecule has 0 aliphatic carbocycles. The third-order valence-corrected chi connectivity index (χ3v) is 2.64. The Bertz CT molecular complexity index is 472. The zero-order valence-corrected chi connectivity index (χ0v) is 9.96. The van der Waals surface area contributed by atoms with Crippen LogP contribution in [0.1, 0.15) is 5.56 Å². The second kappa shape index (κ2) is 5.21. The number of fused-ring (bicyclic) bond motifs is 1. The lowest BCUT2D eigenvalue weighted by Crippen LogP contribution is -2.32. The van der Waals surface area contributed by atoms with Gasteiger partial charge in [0.05, 0.1) is 5.57 Å². The minimum Gasteiger partial charge on any atom is -0.488 e. The van der Waals surface area contributed by atoms with Gasteiger partial charge in [-0.1, -0.05) is 11.6 Å². The van der Waals surface area contributed by atoms with E-state index in [2.05, 4.69) is 5.32 Å². The van der Waals surface area contributed by atoms with Crippen molar-refractivity contribution in [1.82, 2.24) is 5.32 Å². The van der Waals surface area contributed by atoms with Crippen LogP contribution in [0.25, 0.3) is 6.08 Å². The summed E-state index contributed by atoms with van der Waals surface area (Å²) in [6, 6.07) is 5.32. The Morgan fingerprint density at radius 1 is 1.53 bits per heavy atom. The molecular weight excluding hydrogens is 240 g/mol. The van der Waals surface area contributed by atoms with Gasteiger partial charge in [0.25, 0.3) is 5.91 Å². The fourth-order valence-electron chi connectivity index (χ4n) is 1.58. The average Bonchev–Trinajstić information content (AvgIpc) is 2.35. The van der Waals surface area contributed by atoms with E-state index in [1.54, 1.807) is 24.3 Å². The minimum absolute atomic E-state index is 0.152. The van der Waals surface area contributed by atoms with E-state index in [1.807, 2.05) is 0 Å². The quantitative estimate of drug-likeness (QED) is 0.849. The number of carbonyl (C=O) groups excluding carboxylic acids is 1. The highest BCUT2D eigenvalue weighted by Gasteiger charge is 2.16. The van der Waals surface area contributed by atoms with Crippen molar-refractivity contribution in [3.63, 3.8) is 0 Å². The van der Waals surface area contributed by atoms with Crippen molar-refractivity contribution in [3.05, 3.63) is 34.4 Å². The van der Waals surface area contributed by atoms with E-state index in [0.29, 0.717) is 23.7 Å². The van der Waals surface area contributed by atoms with Crippen molar-refractivity contribution < 1.29 is 9.53 Å². The third kappa shape index (κ3) is 2.78. The number of nitrogens with two attached hydrogens (primary N) is 1. The number of ether oxygens (including phenoxy) is 1. The van der Waals surface area contributed by atoms with Crippen LogP contribution in [0.5, 0.6) is 5.75 Å². The summed E-state index contributed by atoms with van der Waals surface area (Å²) >= 11 is 5.89. The van der Waals surface area contributed by atoms with Crippen LogP contribution in [0.15, 0.2) is 23.8 Å². The maximum Gasteiger partial charge on any atom is 0.250 e. The van der Waals surface area contributed by atoms with E-state index in [0.717, 1.165) is 11.3 Å². The maximum absolute atomic E-state index is 11.7. The van der Waals surface area contributed by atoms with Crippen LogP contribution in [0.2, 0.25) is 5.02 Å². The van der Waals surface area contributed by atoms with Crippen molar-refractivity contribution in [3.8, 4) is 5.75 Å². The first-order valence-electron chi connectivity index (χ1n) is 5.32. The first-order chi connectivity index (χ1) is 8.20. The first kappa shape index (κ1) is 12.0. The molecule has 0 atom stereocenters. The molecule has 0 saturated heterocycles. The van der Waals surface area contributed by atoms with Crippen molar-refractivity contribution in [2.24, 2.45) is 5.73 Å². The smallest absolute Gasteiger partial charge is 0.250 e. The zero-order valence-electron chi connectivity index (χ0n) is 9.20. The Labute approximate surface area is 104 Å². The topological polar surface area (TPSA) is 64.3 Å². The van der Waals surface area contributed by atoms with Crippen LogP contribution in [0.3, 0.4) is 0 Å². The average molecular weight is 253 g/mol. The fraction of sp³-hybridized carbons (Fsp3) is 0.250. The molecule has 0 unspecified atom stereocenters. The van der Waals surface area contributed by atoms with Gasteiger partial charge in [-0.25, -0.2) is 0 Å². The van der Waals surface area contributed by atoms with Crippen molar-refractivity contribution in [2.45, 2.75) is 0 Å². The van der Waals surface area contributed by atoms with Crippen LogP contribution in [0, 0.1) is 0 Å². The Morgan fingerprint density at radius 2 is 2.35 bits per heavy atom. The van der Waals surface area contributed by atoms with Crippen LogP contribution in [-0.4, -0.2) is 25.6 Å². The molecule has 2 rings (SSSR count). The molecule has 1 aliphatic rings. The fourth-order valence-corrected chi connectivity index (χ4v) is 1.76. The van der Waals surface area contributed by atoms with E-state index in [4.69, 9.17) is 22.1 Å². The largest absolute Gasteiger partial charge is 0.488 e. The summed E-state index contributed by atoms with van der Waals surface area (Å²) in [6.07, 6.45) is 1.79. The molecule has 0 saturated carbocycles. The van der Waals surface area contributed by atoms with Crippen LogP contribution in [0.4, 0.5) is 0 Å². The SMILES string of the molecule is NCCNC(=O)C1=Cc2cc(Cl)ccc2OC1. The second-order valence-corrected chi connectivity index (χ2v) is 4.12. The lowest BCUT2D eigenvalue weighted by molar-refractivity contribution is -0.117. The molecule has 1 aliphatic heterocycles. The summed E-state index contributed by atoms with van der Waals surface area (Å²) in [4.78, 5) is 11.7. The highest BCUT2D eigenvalue weighted by Crippen LogP contribution is 2.28. The second-order valence-electron chi connectivity index (χ2n) is 3.68. The molecule has 0 aromatic heterocycles. The van der Waals surface area contributed by atoms with Gasteiger partial charge in [-0.2, -0.15) is 0 Å². The molecule has 1 heterocycles. The number of amides is 1. The molecule has 3 N–H and O–H groups in total. The molecule has 4 nitrogen and oxygen atoms in total. The molecule has 1 amide bonds. The standard InChI is InChI=1S/C12H13ClN2O2/c13-10-1-2-11-8(6-10)5-9(7-17-11)12(16)15-4-3-14/h1-2,5-6H,3-4,7,14H2,(H,15,16). The van der Waals surface area contributed by atoms with E-state index in [9.17, 15) is 4.79 Å². The van der Waals surface area contributed by atoms with Crippen LogP contribution < -0.4 is 15.8 Å². The molecule has 0 fully saturated rings. The predicted octanol–water partition coefficient (Wildman–Crippen LogP) is 1.19. The Kier molecular flexibility index (Phi) is 3.66. The van der Waals surface area contributed by atoms with Crippen LogP contribution in [-0.2, 0) is 4.79 Å². The number of hydrogen-bond donors (Lipinski definition) is 2. The normalized spacial score (nSPS) is 13.4. The van der Waals surface area contributed by atoms with Gasteiger partial charge in [0.15, 0.2) is 0 Å². The van der Waals surface area contributed by atoms with Gasteiger partial charge < -0.3 is 15.8 Å². The summed E-state index contributed by atoms with van der Waals surface area (Å²) in [6.45, 7) is 1.14. The molecule has 1 aromatic rings. The monoisotopic (exact) mass is 252 g/mol. The first-order valence-corrected chi connectivity index (χ1v) is 5.69. The predicted molar refractivity (Wildman–Crippen MR) is 67.0 cm³/mol. The van der Waals surface area contributed by atoms with E-state index >= 15 is 0 Å². The molecule has 1 aromatic carbocycles. The van der Waals surface area contributed by atoms with Gasteiger partial charge in [0.2, 0.25) is 0 Å². The molecule has 90 valence electrons. The van der Waals surface area contributed by atoms with Gasteiger partial charge in [-0.3, -0.25) is 4.79 Å². The summed E-state index contributed by atoms with van der Waals surface area (Å²) in [5, 5.41) is 3.32. The van der Waals surface area contributed by atoms with E-state index in [1.165, 1.54) is 0 Å². The van der Waals surface area contributed by atoms with Gasteiger partial charge in [-0.15, -0.1) is 0 Å². The highest BCUT2D eigenvalue weighted by atomic mass is 35.5.